The van der Waals surface area contributed by atoms with Crippen LogP contribution in [0.2, 0.25) is 5.02 Å². The molecule has 0 saturated heterocycles. The first-order valence-corrected chi connectivity index (χ1v) is 14.6. The van der Waals surface area contributed by atoms with Crippen LogP contribution >= 0.6 is 11.6 Å². The Morgan fingerprint density at radius 2 is 1.78 bits per heavy atom. The summed E-state index contributed by atoms with van der Waals surface area (Å²) < 4.78 is 61.7. The second-order valence-electron chi connectivity index (χ2n) is 8.05. The fraction of sp³-hybridized carbons (Fsp3) is 0.217. The normalized spacial score (nSPS) is 13.0. The van der Waals surface area contributed by atoms with Gasteiger partial charge in [0, 0.05) is 23.0 Å². The van der Waals surface area contributed by atoms with Gasteiger partial charge in [-0.05, 0) is 49.6 Å². The van der Waals surface area contributed by atoms with E-state index in [2.05, 4.69) is 19.6 Å². The van der Waals surface area contributed by atoms with Crippen LogP contribution in [-0.4, -0.2) is 37.9 Å². The third-order valence-electron chi connectivity index (χ3n) is 5.24. The number of sulfonamides is 2. The average Bonchev–Trinajstić information content (AvgIpc) is 3.20. The molecule has 10 nitrogen and oxygen atoms in total. The third kappa shape index (κ3) is 5.78. The Labute approximate surface area is 214 Å². The molecule has 0 saturated carbocycles. The topological polar surface area (TPSA) is 132 Å². The van der Waals surface area contributed by atoms with E-state index < -0.39 is 26.1 Å². The van der Waals surface area contributed by atoms with E-state index in [9.17, 15) is 16.8 Å². The van der Waals surface area contributed by atoms with Gasteiger partial charge in [0.25, 0.3) is 0 Å². The van der Waals surface area contributed by atoms with E-state index in [0.717, 1.165) is 11.6 Å². The predicted molar refractivity (Wildman–Crippen MR) is 138 cm³/mol. The Hall–Kier alpha value is -3.19. The fourth-order valence-electron chi connectivity index (χ4n) is 3.68. The van der Waals surface area contributed by atoms with Crippen molar-refractivity contribution in [3.8, 4) is 11.8 Å². The summed E-state index contributed by atoms with van der Waals surface area (Å²) in [7, 11) is -7.34. The summed E-state index contributed by atoms with van der Waals surface area (Å²) in [6, 6.07) is 15.8. The first-order chi connectivity index (χ1) is 17.0. The Morgan fingerprint density at radius 3 is 2.50 bits per heavy atom. The van der Waals surface area contributed by atoms with Gasteiger partial charge >= 0.3 is 6.01 Å². The molecule has 4 aromatic rings. The monoisotopic (exact) mass is 549 g/mol. The fourth-order valence-corrected chi connectivity index (χ4v) is 5.71. The number of nitrogens with zero attached hydrogens (tertiary/aromatic N) is 3. The second kappa shape index (κ2) is 10.1. The number of halogens is 1. The van der Waals surface area contributed by atoms with E-state index >= 15 is 0 Å². The summed E-state index contributed by atoms with van der Waals surface area (Å²) in [4.78, 5) is 0.0957. The molecule has 0 aliphatic carbocycles. The van der Waals surface area contributed by atoms with Crippen LogP contribution in [0, 0.1) is 0 Å². The van der Waals surface area contributed by atoms with Gasteiger partial charge in [0.1, 0.15) is 5.75 Å². The maximum absolute atomic E-state index is 13.1. The van der Waals surface area contributed by atoms with Crippen molar-refractivity contribution in [2.45, 2.75) is 31.3 Å². The minimum absolute atomic E-state index is 0.0957. The molecule has 1 heterocycles. The molecule has 1 atom stereocenters. The van der Waals surface area contributed by atoms with E-state index in [1.807, 2.05) is 6.92 Å². The zero-order valence-corrected chi connectivity index (χ0v) is 22.0. The minimum atomic E-state index is -3.89. The summed E-state index contributed by atoms with van der Waals surface area (Å²) in [5, 5.41) is 10.2. The molecule has 0 unspecified atom stereocenters. The first kappa shape index (κ1) is 25.9. The lowest BCUT2D eigenvalue weighted by Gasteiger charge is -2.16. The van der Waals surface area contributed by atoms with E-state index in [1.165, 1.54) is 12.1 Å². The van der Waals surface area contributed by atoms with Crippen molar-refractivity contribution in [2.24, 2.45) is 0 Å². The average molecular weight is 550 g/mol. The number of nitrogens with one attached hydrogen (secondary N) is 2. The molecule has 0 bridgehead atoms. The standard InChI is InChI=1S/C23H24ClN5O5S2/c1-4-29-22(25-26-23(29)34-18-9-6-8-17(14-18)28-35(3,30)31)15(2)27-36(32,33)19-11-12-20-16(13-19)7-5-10-21(20)24/h5-15,27-28H,4H2,1-3H3/t15-/m1/s1. The largest absolute Gasteiger partial charge is 0.424 e. The summed E-state index contributed by atoms with van der Waals surface area (Å²) in [5.41, 5.74) is 0.329. The lowest BCUT2D eigenvalue weighted by molar-refractivity contribution is 0.408. The van der Waals surface area contributed by atoms with Gasteiger partial charge in [-0.3, -0.25) is 9.29 Å². The number of anilines is 1. The van der Waals surface area contributed by atoms with Crippen molar-refractivity contribution in [2.75, 3.05) is 11.0 Å². The number of benzene rings is 3. The first-order valence-electron chi connectivity index (χ1n) is 10.9. The summed E-state index contributed by atoms with van der Waals surface area (Å²) in [5.74, 6) is 0.686. The SMILES string of the molecule is CCn1c(Oc2cccc(NS(C)(=O)=O)c2)nnc1[C@@H](C)NS(=O)(=O)c1ccc2c(Cl)cccc2c1. The molecule has 4 rings (SSSR count). The summed E-state index contributed by atoms with van der Waals surface area (Å²) in [6.07, 6.45) is 1.05. The van der Waals surface area contributed by atoms with Crippen LogP contribution in [0.25, 0.3) is 10.8 Å². The summed E-state index contributed by atoms with van der Waals surface area (Å²) >= 11 is 6.19. The molecule has 0 aliphatic rings. The van der Waals surface area contributed by atoms with Crippen LogP contribution in [0.1, 0.15) is 25.7 Å². The Balaban J connectivity index is 1.56. The molecule has 1 aromatic heterocycles. The highest BCUT2D eigenvalue weighted by Crippen LogP contribution is 2.28. The molecule has 0 radical (unpaired) electrons. The van der Waals surface area contributed by atoms with Crippen LogP contribution < -0.4 is 14.2 Å². The van der Waals surface area contributed by atoms with E-state index in [0.29, 0.717) is 34.2 Å². The molecule has 0 amide bonds. The van der Waals surface area contributed by atoms with E-state index in [4.69, 9.17) is 16.3 Å². The van der Waals surface area contributed by atoms with Crippen LogP contribution in [0.4, 0.5) is 5.69 Å². The molecule has 190 valence electrons. The van der Waals surface area contributed by atoms with Crippen molar-refractivity contribution in [1.29, 1.82) is 0 Å². The van der Waals surface area contributed by atoms with Gasteiger partial charge in [0.15, 0.2) is 5.82 Å². The molecule has 0 spiro atoms. The maximum atomic E-state index is 13.1. The zero-order valence-electron chi connectivity index (χ0n) is 19.6. The summed E-state index contributed by atoms with van der Waals surface area (Å²) in [6.45, 7) is 3.90. The minimum Gasteiger partial charge on any atom is -0.424 e. The number of rotatable bonds is 9. The van der Waals surface area contributed by atoms with Gasteiger partial charge < -0.3 is 4.74 Å². The molecule has 0 aliphatic heterocycles. The molecule has 36 heavy (non-hydrogen) atoms. The van der Waals surface area contributed by atoms with Crippen molar-refractivity contribution in [3.05, 3.63) is 71.5 Å². The van der Waals surface area contributed by atoms with Gasteiger partial charge in [-0.15, -0.1) is 5.10 Å². The van der Waals surface area contributed by atoms with Crippen LogP contribution in [0.3, 0.4) is 0 Å². The van der Waals surface area contributed by atoms with Gasteiger partial charge in [0.05, 0.1) is 22.9 Å². The highest BCUT2D eigenvalue weighted by molar-refractivity contribution is 7.92. The molecule has 2 N–H and O–H groups in total. The van der Waals surface area contributed by atoms with Crippen LogP contribution in [-0.2, 0) is 26.6 Å². The van der Waals surface area contributed by atoms with Gasteiger partial charge in [0.2, 0.25) is 20.0 Å². The molecular weight excluding hydrogens is 526 g/mol. The molecular formula is C23H24ClN5O5S2. The Kier molecular flexibility index (Phi) is 7.23. The van der Waals surface area contributed by atoms with Crippen molar-refractivity contribution in [3.63, 3.8) is 0 Å². The van der Waals surface area contributed by atoms with Crippen LogP contribution in [0.15, 0.2) is 65.6 Å². The third-order valence-corrected chi connectivity index (χ3v) is 7.71. The molecule has 3 aromatic carbocycles. The maximum Gasteiger partial charge on any atom is 0.322 e. The smallest absolute Gasteiger partial charge is 0.322 e. The lowest BCUT2D eigenvalue weighted by atomic mass is 10.1. The predicted octanol–water partition coefficient (Wildman–Crippen LogP) is 4.31. The van der Waals surface area contributed by atoms with Crippen LogP contribution in [0.5, 0.6) is 11.8 Å². The second-order valence-corrected chi connectivity index (χ2v) is 11.9. The van der Waals surface area contributed by atoms with Gasteiger partial charge in [-0.2, -0.15) is 0 Å². The van der Waals surface area contributed by atoms with Crippen molar-refractivity contribution < 1.29 is 21.6 Å². The Bertz CT molecular complexity index is 1640. The Morgan fingerprint density at radius 1 is 1.03 bits per heavy atom. The lowest BCUT2D eigenvalue weighted by Crippen LogP contribution is -2.29. The number of aromatic nitrogens is 3. The van der Waals surface area contributed by atoms with E-state index in [-0.39, 0.29) is 10.9 Å². The number of ether oxygens (including phenoxy) is 1. The van der Waals surface area contributed by atoms with Gasteiger partial charge in [-0.1, -0.05) is 41.0 Å². The quantitative estimate of drug-likeness (QED) is 0.318. The highest BCUT2D eigenvalue weighted by atomic mass is 35.5. The zero-order chi connectivity index (χ0) is 26.1. The van der Waals surface area contributed by atoms with Crippen molar-refractivity contribution in [1.82, 2.24) is 19.5 Å². The van der Waals surface area contributed by atoms with Crippen molar-refractivity contribution >= 4 is 48.1 Å². The highest BCUT2D eigenvalue weighted by Gasteiger charge is 2.24. The molecule has 13 heteroatoms. The number of hydrogen-bond donors (Lipinski definition) is 2. The number of fused-ring (bicyclic) bond motifs is 1. The molecule has 0 fully saturated rings. The number of hydrogen-bond acceptors (Lipinski definition) is 7. The van der Waals surface area contributed by atoms with E-state index in [1.54, 1.807) is 60.0 Å². The van der Waals surface area contributed by atoms with Gasteiger partial charge in [-0.25, -0.2) is 21.6 Å².